The molecule has 0 amide bonds. The summed E-state index contributed by atoms with van der Waals surface area (Å²) in [6.45, 7) is 5.02. The summed E-state index contributed by atoms with van der Waals surface area (Å²) in [6.07, 6.45) is 4.98. The molecule has 1 aromatic carbocycles. The topological polar surface area (TPSA) is 90.9 Å². The average Bonchev–Trinajstić information content (AvgIpc) is 2.94. The summed E-state index contributed by atoms with van der Waals surface area (Å²) < 4.78 is 24.2. The van der Waals surface area contributed by atoms with Gasteiger partial charge in [-0.1, -0.05) is 37.6 Å². The quantitative estimate of drug-likeness (QED) is 0.845. The Morgan fingerprint density at radius 3 is 2.55 bits per heavy atom. The maximum absolute atomic E-state index is 11.2. The van der Waals surface area contributed by atoms with Crippen molar-refractivity contribution in [2.45, 2.75) is 50.5 Å². The van der Waals surface area contributed by atoms with Crippen LogP contribution in [0.5, 0.6) is 0 Å². The zero-order chi connectivity index (χ0) is 16.2. The Labute approximate surface area is 131 Å². The summed E-state index contributed by atoms with van der Waals surface area (Å²) in [4.78, 5) is 0.132. The third-order valence-electron chi connectivity index (χ3n) is 3.66. The number of hydrogen-bond acceptors (Lipinski definition) is 4. The van der Waals surface area contributed by atoms with Crippen LogP contribution in [0.3, 0.4) is 0 Å². The van der Waals surface area contributed by atoms with Gasteiger partial charge in [0, 0.05) is 18.7 Å². The maximum Gasteiger partial charge on any atom is 0.238 e. The standard InChI is InChI=1S/C15H22N4O2S/c1-3-4-12(2)15-11-19(18-17-15)10-9-13-5-7-14(8-6-13)22(16,20)21/h5-8,11-12H,3-4,9-10H2,1-2H3,(H2,16,20,21)/t12-/m1/s1. The Bertz CT molecular complexity index is 707. The zero-order valence-electron chi connectivity index (χ0n) is 12.9. The maximum atomic E-state index is 11.2. The van der Waals surface area contributed by atoms with Gasteiger partial charge in [0.1, 0.15) is 0 Å². The van der Waals surface area contributed by atoms with Crippen LogP contribution in [0.15, 0.2) is 35.4 Å². The predicted molar refractivity (Wildman–Crippen MR) is 84.9 cm³/mol. The fourth-order valence-electron chi connectivity index (χ4n) is 2.32. The number of aryl methyl sites for hydroxylation is 2. The van der Waals surface area contributed by atoms with Gasteiger partial charge in [0.2, 0.25) is 10.0 Å². The number of sulfonamides is 1. The SMILES string of the molecule is CCC[C@@H](C)c1cn(CCc2ccc(S(N)(=O)=O)cc2)nn1. The monoisotopic (exact) mass is 322 g/mol. The van der Waals surface area contributed by atoms with E-state index >= 15 is 0 Å². The Hall–Kier alpha value is -1.73. The molecule has 7 heteroatoms. The van der Waals surface area contributed by atoms with Crippen molar-refractivity contribution in [1.82, 2.24) is 15.0 Å². The molecular formula is C15H22N4O2S. The van der Waals surface area contributed by atoms with Gasteiger partial charge in [-0.15, -0.1) is 5.10 Å². The molecular weight excluding hydrogens is 300 g/mol. The summed E-state index contributed by atoms with van der Waals surface area (Å²) in [7, 11) is -3.63. The van der Waals surface area contributed by atoms with Crippen LogP contribution in [0, 0.1) is 0 Å². The molecule has 0 bridgehead atoms. The first-order valence-corrected chi connectivity index (χ1v) is 8.96. The van der Waals surface area contributed by atoms with Gasteiger partial charge >= 0.3 is 0 Å². The lowest BCUT2D eigenvalue weighted by molar-refractivity contribution is 0.587. The van der Waals surface area contributed by atoms with Gasteiger partial charge in [-0.3, -0.25) is 4.68 Å². The number of nitrogens with zero attached hydrogens (tertiary/aromatic N) is 3. The minimum absolute atomic E-state index is 0.132. The van der Waals surface area contributed by atoms with Crippen molar-refractivity contribution in [2.24, 2.45) is 5.14 Å². The molecule has 0 spiro atoms. The van der Waals surface area contributed by atoms with Crippen molar-refractivity contribution >= 4 is 10.0 Å². The Morgan fingerprint density at radius 2 is 1.95 bits per heavy atom. The van der Waals surface area contributed by atoms with Crippen molar-refractivity contribution in [3.05, 3.63) is 41.7 Å². The van der Waals surface area contributed by atoms with Gasteiger partial charge in [-0.25, -0.2) is 13.6 Å². The molecule has 22 heavy (non-hydrogen) atoms. The Morgan fingerprint density at radius 1 is 1.27 bits per heavy atom. The lowest BCUT2D eigenvalue weighted by Gasteiger charge is -2.04. The van der Waals surface area contributed by atoms with Crippen LogP contribution in [-0.2, 0) is 23.0 Å². The zero-order valence-corrected chi connectivity index (χ0v) is 13.8. The molecule has 0 fully saturated rings. The fourth-order valence-corrected chi connectivity index (χ4v) is 2.83. The highest BCUT2D eigenvalue weighted by atomic mass is 32.2. The number of benzene rings is 1. The molecule has 0 saturated heterocycles. The van der Waals surface area contributed by atoms with Crippen molar-refractivity contribution < 1.29 is 8.42 Å². The van der Waals surface area contributed by atoms with Gasteiger partial charge in [0.15, 0.2) is 0 Å². The van der Waals surface area contributed by atoms with Crippen molar-refractivity contribution in [3.8, 4) is 0 Å². The highest BCUT2D eigenvalue weighted by Crippen LogP contribution is 2.17. The smallest absolute Gasteiger partial charge is 0.238 e. The molecule has 0 radical (unpaired) electrons. The molecule has 0 unspecified atom stereocenters. The van der Waals surface area contributed by atoms with E-state index in [1.165, 1.54) is 12.1 Å². The number of aromatic nitrogens is 3. The summed E-state index contributed by atoms with van der Waals surface area (Å²) >= 11 is 0. The lowest BCUT2D eigenvalue weighted by atomic mass is 10.0. The highest BCUT2D eigenvalue weighted by Gasteiger charge is 2.10. The first kappa shape index (κ1) is 16.6. The van der Waals surface area contributed by atoms with Crippen LogP contribution in [0.25, 0.3) is 0 Å². The second kappa shape index (κ2) is 7.02. The largest absolute Gasteiger partial charge is 0.252 e. The average molecular weight is 322 g/mol. The van der Waals surface area contributed by atoms with Gasteiger partial charge in [0.25, 0.3) is 0 Å². The molecule has 6 nitrogen and oxygen atoms in total. The van der Waals surface area contributed by atoms with Crippen molar-refractivity contribution in [1.29, 1.82) is 0 Å². The molecule has 1 aromatic heterocycles. The molecule has 1 atom stereocenters. The number of hydrogen-bond donors (Lipinski definition) is 1. The Balaban J connectivity index is 1.96. The molecule has 0 aliphatic heterocycles. The molecule has 2 N–H and O–H groups in total. The lowest BCUT2D eigenvalue weighted by Crippen LogP contribution is -2.12. The molecule has 120 valence electrons. The Kier molecular flexibility index (Phi) is 5.31. The summed E-state index contributed by atoms with van der Waals surface area (Å²) in [5, 5.41) is 13.4. The molecule has 0 saturated carbocycles. The first-order valence-electron chi connectivity index (χ1n) is 7.42. The first-order chi connectivity index (χ1) is 10.4. The number of rotatable bonds is 7. The molecule has 0 aliphatic carbocycles. The molecule has 2 rings (SSSR count). The number of primary sulfonamides is 1. The van der Waals surface area contributed by atoms with E-state index in [1.54, 1.807) is 12.1 Å². The van der Waals surface area contributed by atoms with Gasteiger partial charge in [-0.2, -0.15) is 0 Å². The van der Waals surface area contributed by atoms with Gasteiger partial charge in [0.05, 0.1) is 10.6 Å². The van der Waals surface area contributed by atoms with E-state index < -0.39 is 10.0 Å². The third-order valence-corrected chi connectivity index (χ3v) is 4.59. The van der Waals surface area contributed by atoms with Crippen molar-refractivity contribution in [2.75, 3.05) is 0 Å². The predicted octanol–water partition coefficient (Wildman–Crippen LogP) is 2.07. The van der Waals surface area contributed by atoms with Crippen LogP contribution in [-0.4, -0.2) is 23.4 Å². The van der Waals surface area contributed by atoms with Gasteiger partial charge in [-0.05, 0) is 30.5 Å². The summed E-state index contributed by atoms with van der Waals surface area (Å²) in [6, 6.07) is 6.61. The van der Waals surface area contributed by atoms with E-state index in [0.717, 1.165) is 30.5 Å². The molecule has 0 aliphatic rings. The van der Waals surface area contributed by atoms with E-state index in [-0.39, 0.29) is 4.90 Å². The van der Waals surface area contributed by atoms with Gasteiger partial charge < -0.3 is 0 Å². The second-order valence-corrected chi connectivity index (χ2v) is 7.10. The van der Waals surface area contributed by atoms with Crippen molar-refractivity contribution in [3.63, 3.8) is 0 Å². The summed E-state index contributed by atoms with van der Waals surface area (Å²) in [5.74, 6) is 0.424. The second-order valence-electron chi connectivity index (χ2n) is 5.54. The summed E-state index contributed by atoms with van der Waals surface area (Å²) in [5.41, 5.74) is 2.05. The van der Waals surface area contributed by atoms with E-state index in [1.807, 2.05) is 10.9 Å². The van der Waals surface area contributed by atoms with Crippen LogP contribution in [0.2, 0.25) is 0 Å². The number of nitrogens with two attached hydrogens (primary N) is 1. The fraction of sp³-hybridized carbons (Fsp3) is 0.467. The van der Waals surface area contributed by atoms with Crippen LogP contribution in [0.4, 0.5) is 0 Å². The van der Waals surface area contributed by atoms with E-state index in [0.29, 0.717) is 12.5 Å². The van der Waals surface area contributed by atoms with E-state index in [9.17, 15) is 8.42 Å². The normalized spacial score (nSPS) is 13.2. The van der Waals surface area contributed by atoms with Crippen LogP contribution in [0.1, 0.15) is 43.9 Å². The van der Waals surface area contributed by atoms with E-state index in [4.69, 9.17) is 5.14 Å². The van der Waals surface area contributed by atoms with Crippen LogP contribution < -0.4 is 5.14 Å². The third kappa shape index (κ3) is 4.38. The minimum Gasteiger partial charge on any atom is -0.252 e. The van der Waals surface area contributed by atoms with E-state index in [2.05, 4.69) is 24.2 Å². The molecule has 1 heterocycles. The minimum atomic E-state index is -3.63. The highest BCUT2D eigenvalue weighted by molar-refractivity contribution is 7.89. The van der Waals surface area contributed by atoms with Crippen LogP contribution >= 0.6 is 0 Å². The molecule has 2 aromatic rings.